The van der Waals surface area contributed by atoms with E-state index in [4.69, 9.17) is 9.47 Å². The molecule has 0 radical (unpaired) electrons. The molecule has 0 atom stereocenters. The summed E-state index contributed by atoms with van der Waals surface area (Å²) in [4.78, 5) is 27.6. The topological polar surface area (TPSA) is 86.2 Å². The second-order valence-corrected chi connectivity index (χ2v) is 5.96. The highest BCUT2D eigenvalue weighted by atomic mass is 35.5. The van der Waals surface area contributed by atoms with Crippen molar-refractivity contribution in [3.05, 3.63) is 82.8 Å². The predicted octanol–water partition coefficient (Wildman–Crippen LogP) is 4.10. The molecular formula is C21H18ClN3O4. The van der Waals surface area contributed by atoms with Gasteiger partial charge in [-0.2, -0.15) is 5.10 Å². The van der Waals surface area contributed by atoms with Crippen LogP contribution in [-0.4, -0.2) is 27.3 Å². The lowest BCUT2D eigenvalue weighted by atomic mass is 10.2. The smallest absolute Gasteiger partial charge is 0.359 e. The molecular weight excluding hydrogens is 394 g/mol. The van der Waals surface area contributed by atoms with Crippen molar-refractivity contribution >= 4 is 29.4 Å². The number of fused-ring (bicyclic) bond motifs is 1. The highest BCUT2D eigenvalue weighted by Crippen LogP contribution is 2.24. The molecule has 1 N–H and O–H groups in total. The number of nitrogens with zero attached hydrogens (tertiary/aromatic N) is 2. The molecule has 29 heavy (non-hydrogen) atoms. The number of pyridine rings is 1. The van der Waals surface area contributed by atoms with Crippen LogP contribution >= 0.6 is 12.4 Å². The van der Waals surface area contributed by atoms with Crippen LogP contribution in [0.15, 0.2) is 71.7 Å². The van der Waals surface area contributed by atoms with Gasteiger partial charge in [-0.25, -0.2) is 9.48 Å². The average Bonchev–Trinajstić information content (AvgIpc) is 3.11. The summed E-state index contributed by atoms with van der Waals surface area (Å²) in [7, 11) is 0. The Kier molecular flexibility index (Phi) is 5.99. The Hall–Kier alpha value is -3.58. The van der Waals surface area contributed by atoms with Crippen LogP contribution in [0.4, 0.5) is 0 Å². The molecule has 7 nitrogen and oxygen atoms in total. The summed E-state index contributed by atoms with van der Waals surface area (Å²) in [5.74, 6) is 0.801. The van der Waals surface area contributed by atoms with Crippen molar-refractivity contribution in [3.8, 4) is 17.2 Å². The highest BCUT2D eigenvalue weighted by molar-refractivity contribution is 6.00. The van der Waals surface area contributed by atoms with Crippen molar-refractivity contribution < 1.29 is 14.3 Å². The summed E-state index contributed by atoms with van der Waals surface area (Å²) < 4.78 is 12.3. The van der Waals surface area contributed by atoms with Gasteiger partial charge >= 0.3 is 5.97 Å². The number of aromatic amines is 1. The van der Waals surface area contributed by atoms with Crippen molar-refractivity contribution in [2.75, 3.05) is 6.61 Å². The molecule has 0 aliphatic rings. The van der Waals surface area contributed by atoms with Crippen LogP contribution in [0.25, 0.3) is 16.7 Å². The first kappa shape index (κ1) is 20.2. The zero-order valence-corrected chi connectivity index (χ0v) is 16.3. The molecule has 0 aliphatic heterocycles. The van der Waals surface area contributed by atoms with Gasteiger partial charge in [0.15, 0.2) is 11.2 Å². The molecule has 2 aromatic heterocycles. The van der Waals surface area contributed by atoms with E-state index in [0.717, 1.165) is 5.75 Å². The van der Waals surface area contributed by atoms with E-state index in [0.29, 0.717) is 17.0 Å². The van der Waals surface area contributed by atoms with E-state index in [1.54, 1.807) is 31.2 Å². The normalized spacial score (nSPS) is 10.4. The fourth-order valence-corrected chi connectivity index (χ4v) is 2.86. The average molecular weight is 412 g/mol. The maximum Gasteiger partial charge on any atom is 0.359 e. The lowest BCUT2D eigenvalue weighted by molar-refractivity contribution is 0.0518. The van der Waals surface area contributed by atoms with E-state index in [9.17, 15) is 9.59 Å². The SMILES string of the molecule is CCOC(=O)c1c2[nH]ccc(=O)c2nn1-c1ccc(Oc2ccccc2)cc1.Cl. The standard InChI is InChI=1S/C21H17N3O4.ClH/c1-2-27-21(26)20-19-18(17(25)12-13-22-19)23-24(20)14-8-10-16(11-9-14)28-15-6-4-3-5-7-15;/h3-13,22H,2H2,1H3;1H. The van der Waals surface area contributed by atoms with Crippen molar-refractivity contribution in [2.24, 2.45) is 0 Å². The van der Waals surface area contributed by atoms with Crippen LogP contribution in [0.3, 0.4) is 0 Å². The number of aromatic nitrogens is 3. The molecule has 2 heterocycles. The number of carbonyl (C=O) groups is 1. The van der Waals surface area contributed by atoms with Crippen molar-refractivity contribution in [3.63, 3.8) is 0 Å². The lowest BCUT2D eigenvalue weighted by Crippen LogP contribution is -2.12. The van der Waals surface area contributed by atoms with Gasteiger partial charge in [0.1, 0.15) is 17.0 Å². The summed E-state index contributed by atoms with van der Waals surface area (Å²) in [6.45, 7) is 1.94. The summed E-state index contributed by atoms with van der Waals surface area (Å²) in [5.41, 5.74) is 1.02. The van der Waals surface area contributed by atoms with E-state index in [2.05, 4.69) is 10.1 Å². The molecule has 4 rings (SSSR count). The number of benzene rings is 2. The fourth-order valence-electron chi connectivity index (χ4n) is 2.86. The first-order valence-electron chi connectivity index (χ1n) is 8.78. The molecule has 0 amide bonds. The summed E-state index contributed by atoms with van der Waals surface area (Å²) in [6, 6.07) is 17.8. The van der Waals surface area contributed by atoms with E-state index >= 15 is 0 Å². The van der Waals surface area contributed by atoms with E-state index in [1.807, 2.05) is 30.3 Å². The zero-order chi connectivity index (χ0) is 19.5. The number of esters is 1. The van der Waals surface area contributed by atoms with E-state index in [-0.39, 0.29) is 35.7 Å². The first-order chi connectivity index (χ1) is 13.7. The van der Waals surface area contributed by atoms with Gasteiger partial charge < -0.3 is 14.5 Å². The molecule has 0 saturated heterocycles. The minimum absolute atomic E-state index is 0. The largest absolute Gasteiger partial charge is 0.461 e. The highest BCUT2D eigenvalue weighted by Gasteiger charge is 2.22. The van der Waals surface area contributed by atoms with Gasteiger partial charge in [-0.05, 0) is 43.3 Å². The monoisotopic (exact) mass is 411 g/mol. The number of hydrogen-bond donors (Lipinski definition) is 1. The molecule has 0 aliphatic carbocycles. The third kappa shape index (κ3) is 4.00. The third-order valence-electron chi connectivity index (χ3n) is 4.11. The molecule has 148 valence electrons. The fraction of sp³-hybridized carbons (Fsp3) is 0.0952. The Bertz CT molecular complexity index is 1180. The Balaban J connectivity index is 0.00000240. The molecule has 0 fully saturated rings. The minimum atomic E-state index is -0.559. The Labute approximate surface area is 172 Å². The molecule has 2 aromatic carbocycles. The number of H-pyrrole nitrogens is 1. The van der Waals surface area contributed by atoms with Crippen LogP contribution in [0.1, 0.15) is 17.4 Å². The summed E-state index contributed by atoms with van der Waals surface area (Å²) in [6.07, 6.45) is 1.48. The number of hydrogen-bond acceptors (Lipinski definition) is 5. The van der Waals surface area contributed by atoms with Gasteiger partial charge in [-0.15, -0.1) is 12.4 Å². The number of carbonyl (C=O) groups excluding carboxylic acids is 1. The van der Waals surface area contributed by atoms with Crippen LogP contribution in [-0.2, 0) is 4.74 Å². The van der Waals surface area contributed by atoms with Crippen LogP contribution in [0.5, 0.6) is 11.5 Å². The van der Waals surface area contributed by atoms with Crippen molar-refractivity contribution in [1.82, 2.24) is 14.8 Å². The molecule has 4 aromatic rings. The molecule has 0 spiro atoms. The lowest BCUT2D eigenvalue weighted by Gasteiger charge is -2.09. The zero-order valence-electron chi connectivity index (χ0n) is 15.5. The minimum Gasteiger partial charge on any atom is -0.461 e. The number of nitrogens with one attached hydrogen (secondary N) is 1. The van der Waals surface area contributed by atoms with Crippen LogP contribution in [0, 0.1) is 0 Å². The molecule has 0 bridgehead atoms. The quantitative estimate of drug-likeness (QED) is 0.499. The maximum atomic E-state index is 12.5. The maximum absolute atomic E-state index is 12.5. The van der Waals surface area contributed by atoms with Gasteiger partial charge in [0, 0.05) is 12.3 Å². The van der Waals surface area contributed by atoms with Gasteiger partial charge in [-0.1, -0.05) is 18.2 Å². The Morgan fingerprint density at radius 2 is 1.72 bits per heavy atom. The van der Waals surface area contributed by atoms with Crippen LogP contribution in [0.2, 0.25) is 0 Å². The number of para-hydroxylation sites is 1. The summed E-state index contributed by atoms with van der Waals surface area (Å²) >= 11 is 0. The molecule has 0 unspecified atom stereocenters. The van der Waals surface area contributed by atoms with E-state index < -0.39 is 5.97 Å². The second kappa shape index (κ2) is 8.62. The van der Waals surface area contributed by atoms with Crippen LogP contribution < -0.4 is 10.2 Å². The summed E-state index contributed by atoms with van der Waals surface area (Å²) in [5, 5.41) is 4.33. The van der Waals surface area contributed by atoms with Gasteiger partial charge in [-0.3, -0.25) is 4.79 Å². The Morgan fingerprint density at radius 1 is 1.03 bits per heavy atom. The predicted molar refractivity (Wildman–Crippen MR) is 111 cm³/mol. The van der Waals surface area contributed by atoms with Gasteiger partial charge in [0.2, 0.25) is 5.43 Å². The number of halogens is 1. The molecule has 8 heteroatoms. The molecule has 0 saturated carbocycles. The third-order valence-corrected chi connectivity index (χ3v) is 4.11. The van der Waals surface area contributed by atoms with Crippen molar-refractivity contribution in [2.45, 2.75) is 6.92 Å². The van der Waals surface area contributed by atoms with Gasteiger partial charge in [0.25, 0.3) is 0 Å². The Morgan fingerprint density at radius 3 is 2.41 bits per heavy atom. The number of rotatable bonds is 5. The first-order valence-corrected chi connectivity index (χ1v) is 8.78. The van der Waals surface area contributed by atoms with Gasteiger partial charge in [0.05, 0.1) is 12.3 Å². The number of ether oxygens (including phenoxy) is 2. The van der Waals surface area contributed by atoms with Crippen molar-refractivity contribution in [1.29, 1.82) is 0 Å². The van der Waals surface area contributed by atoms with E-state index in [1.165, 1.54) is 16.9 Å². The second-order valence-electron chi connectivity index (χ2n) is 5.96.